The molecule has 3 rings (SSSR count). The maximum atomic E-state index is 11.8. The molecule has 136 valence electrons. The second-order valence-corrected chi connectivity index (χ2v) is 7.53. The average Bonchev–Trinajstić information content (AvgIpc) is 2.54. The molecule has 0 spiro atoms. The minimum atomic E-state index is -3.67. The lowest BCUT2D eigenvalue weighted by Gasteiger charge is -2.33. The minimum absolute atomic E-state index is 0.178. The van der Waals surface area contributed by atoms with Crippen LogP contribution in [-0.2, 0) is 14.9 Å². The predicted octanol–water partition coefficient (Wildman–Crippen LogP) is 0.463. The van der Waals surface area contributed by atoms with Crippen LogP contribution in [-0.4, -0.2) is 55.3 Å². The van der Waals surface area contributed by atoms with Crippen molar-refractivity contribution in [1.82, 2.24) is 10.3 Å². The molecule has 0 radical (unpaired) electrons. The molecule has 2 aliphatic rings. The Labute approximate surface area is 149 Å². The number of nitrogen functional groups attached to an aromatic ring is 1. The van der Waals surface area contributed by atoms with Gasteiger partial charge >= 0.3 is 0 Å². The first-order valence-corrected chi connectivity index (χ1v) is 9.94. The summed E-state index contributed by atoms with van der Waals surface area (Å²) in [6.07, 6.45) is 0.715. The Bertz CT molecular complexity index is 828. The van der Waals surface area contributed by atoms with E-state index in [-0.39, 0.29) is 5.91 Å². The molecule has 25 heavy (non-hydrogen) atoms. The Hall–Kier alpha value is -2.24. The molecule has 2 aliphatic heterocycles. The average molecular weight is 386 g/mol. The Kier molecular flexibility index (Phi) is 5.93. The minimum Gasteiger partial charge on any atom is -0.495 e. The number of hydrogen-bond acceptors (Lipinski definition) is 8. The molecule has 0 saturated heterocycles. The number of carbonyl (C=O) groups is 1. The lowest BCUT2D eigenvalue weighted by Crippen LogP contribution is -2.45. The summed E-state index contributed by atoms with van der Waals surface area (Å²) in [5.41, 5.74) is 10.5. The van der Waals surface area contributed by atoms with Gasteiger partial charge in [0.1, 0.15) is 11.4 Å². The number of anilines is 1. The van der Waals surface area contributed by atoms with Gasteiger partial charge in [0.05, 0.1) is 19.1 Å². The van der Waals surface area contributed by atoms with Crippen molar-refractivity contribution in [2.24, 2.45) is 5.10 Å². The highest BCUT2D eigenvalue weighted by molar-refractivity contribution is 8.02. The van der Waals surface area contributed by atoms with Crippen molar-refractivity contribution in [3.8, 4) is 5.75 Å². The van der Waals surface area contributed by atoms with Crippen LogP contribution < -0.4 is 15.9 Å². The van der Waals surface area contributed by atoms with Crippen LogP contribution in [0.4, 0.5) is 5.69 Å². The highest BCUT2D eigenvalue weighted by atomic mass is 32.2. The summed E-state index contributed by atoms with van der Waals surface area (Å²) in [4.78, 5) is 13.7. The van der Waals surface area contributed by atoms with E-state index < -0.39 is 10.1 Å². The Morgan fingerprint density at radius 1 is 1.44 bits per heavy atom. The van der Waals surface area contributed by atoms with Gasteiger partial charge in [0.15, 0.2) is 5.84 Å². The maximum absolute atomic E-state index is 11.8. The van der Waals surface area contributed by atoms with Crippen molar-refractivity contribution < 1.29 is 22.5 Å². The third-order valence-corrected chi connectivity index (χ3v) is 3.97. The van der Waals surface area contributed by atoms with E-state index in [1.54, 1.807) is 31.0 Å². The number of nitrogens with two attached hydrogens (primary N) is 1. The molecule has 0 aliphatic carbocycles. The van der Waals surface area contributed by atoms with E-state index >= 15 is 0 Å². The summed E-state index contributed by atoms with van der Waals surface area (Å²) in [6, 6.07) is 5.48. The molecular formula is C14H18N4O5S2. The molecule has 1 amide bonds. The number of hydrazone groups is 1. The number of nitrogens with zero attached hydrogens (tertiary/aromatic N) is 2. The number of fused-ring (bicyclic) bond motifs is 1. The Morgan fingerprint density at radius 3 is 2.72 bits per heavy atom. The number of thioether (sulfide) groups is 1. The van der Waals surface area contributed by atoms with Gasteiger partial charge in [-0.05, 0) is 18.2 Å². The molecule has 0 fully saturated rings. The lowest BCUT2D eigenvalue weighted by molar-refractivity contribution is -0.119. The van der Waals surface area contributed by atoms with Gasteiger partial charge in [0.25, 0.3) is 16.0 Å². The van der Waals surface area contributed by atoms with E-state index in [9.17, 15) is 13.2 Å². The van der Waals surface area contributed by atoms with Crippen LogP contribution in [0.2, 0.25) is 0 Å². The van der Waals surface area contributed by atoms with Crippen molar-refractivity contribution in [2.45, 2.75) is 0 Å². The number of methoxy groups -OCH3 is 1. The summed E-state index contributed by atoms with van der Waals surface area (Å²) < 4.78 is 31.0. The van der Waals surface area contributed by atoms with Gasteiger partial charge in [-0.3, -0.25) is 9.35 Å². The van der Waals surface area contributed by atoms with Gasteiger partial charge in [0, 0.05) is 23.3 Å². The smallest absolute Gasteiger partial charge is 0.288 e. The zero-order valence-electron chi connectivity index (χ0n) is 13.6. The Morgan fingerprint density at radius 2 is 2.12 bits per heavy atom. The molecule has 0 unspecified atom stereocenters. The van der Waals surface area contributed by atoms with E-state index in [1.165, 1.54) is 0 Å². The summed E-state index contributed by atoms with van der Waals surface area (Å²) in [7, 11) is -2.09. The van der Waals surface area contributed by atoms with E-state index in [0.717, 1.165) is 17.9 Å². The van der Waals surface area contributed by atoms with Crippen molar-refractivity contribution in [2.75, 3.05) is 31.4 Å². The van der Waals surface area contributed by atoms with E-state index in [0.29, 0.717) is 29.2 Å². The molecule has 2 heterocycles. The monoisotopic (exact) mass is 386 g/mol. The van der Waals surface area contributed by atoms with Crippen LogP contribution in [0.15, 0.2) is 34.4 Å². The molecule has 0 aromatic heterocycles. The second kappa shape index (κ2) is 7.76. The maximum Gasteiger partial charge on any atom is 0.288 e. The van der Waals surface area contributed by atoms with Gasteiger partial charge in [-0.2, -0.15) is 13.5 Å². The highest BCUT2D eigenvalue weighted by Gasteiger charge is 2.29. The summed E-state index contributed by atoms with van der Waals surface area (Å²) in [6.45, 7) is 0.745. The molecule has 1 aromatic carbocycles. The fourth-order valence-electron chi connectivity index (χ4n) is 2.18. The summed E-state index contributed by atoms with van der Waals surface area (Å²) in [5, 5.41) is 6.02. The molecule has 9 nitrogen and oxygen atoms in total. The largest absolute Gasteiger partial charge is 0.495 e. The van der Waals surface area contributed by atoms with Gasteiger partial charge in [-0.1, -0.05) is 0 Å². The number of amides is 1. The first kappa shape index (κ1) is 19.1. The Balaban J connectivity index is 0.000000399. The molecule has 0 saturated carbocycles. The van der Waals surface area contributed by atoms with Gasteiger partial charge in [-0.25, -0.2) is 5.43 Å². The van der Waals surface area contributed by atoms with Crippen molar-refractivity contribution in [3.05, 3.63) is 34.9 Å². The number of benzene rings is 1. The van der Waals surface area contributed by atoms with Crippen LogP contribution in [0.3, 0.4) is 0 Å². The fourth-order valence-corrected chi connectivity index (χ4v) is 2.98. The normalized spacial score (nSPS) is 16.6. The quantitative estimate of drug-likeness (QED) is 0.493. The third-order valence-electron chi connectivity index (χ3n) is 3.16. The molecular weight excluding hydrogens is 368 g/mol. The van der Waals surface area contributed by atoms with E-state index in [2.05, 4.69) is 10.5 Å². The number of nitrogens with one attached hydrogen (secondary N) is 1. The zero-order chi connectivity index (χ0) is 18.6. The standard InChI is InChI=1S/C13H14N4O2S.CH4O3S/c1-19-11-3-2-8(6-9(11)14)12-15-16-13(18)10-7-20-5-4-17(10)12;1-5(2,3)4/h2-3,6-7H,4-5,14H2,1H3,(H,16,18);1H3,(H,2,3,4). The fraction of sp³-hybridized carbons (Fsp3) is 0.286. The zero-order valence-corrected chi connectivity index (χ0v) is 15.2. The number of carbonyl (C=O) groups excluding carboxylic acids is 1. The van der Waals surface area contributed by atoms with Crippen LogP contribution in [0, 0.1) is 0 Å². The number of hydrogen-bond donors (Lipinski definition) is 3. The van der Waals surface area contributed by atoms with Crippen molar-refractivity contribution >= 4 is 39.3 Å². The van der Waals surface area contributed by atoms with Gasteiger partial charge in [0.2, 0.25) is 0 Å². The number of amidine groups is 1. The van der Waals surface area contributed by atoms with Gasteiger partial charge < -0.3 is 15.4 Å². The highest BCUT2D eigenvalue weighted by Crippen LogP contribution is 2.27. The third kappa shape index (κ3) is 5.11. The molecule has 0 atom stereocenters. The molecule has 4 N–H and O–H groups in total. The second-order valence-electron chi connectivity index (χ2n) is 5.09. The number of rotatable bonds is 2. The lowest BCUT2D eigenvalue weighted by atomic mass is 10.1. The van der Waals surface area contributed by atoms with Crippen LogP contribution >= 0.6 is 11.8 Å². The van der Waals surface area contributed by atoms with Gasteiger partial charge in [-0.15, -0.1) is 11.8 Å². The van der Waals surface area contributed by atoms with E-state index in [1.807, 2.05) is 16.4 Å². The first-order valence-electron chi connectivity index (χ1n) is 7.04. The topological polar surface area (TPSA) is 134 Å². The predicted molar refractivity (Wildman–Crippen MR) is 96.8 cm³/mol. The van der Waals surface area contributed by atoms with Crippen molar-refractivity contribution in [3.63, 3.8) is 0 Å². The summed E-state index contributed by atoms with van der Waals surface area (Å²) >= 11 is 1.63. The SMILES string of the molecule is COc1ccc(C2=NNC(=O)C3=CSCCN32)cc1N.CS(=O)(=O)O. The molecule has 0 bridgehead atoms. The van der Waals surface area contributed by atoms with Crippen LogP contribution in [0.1, 0.15) is 5.56 Å². The van der Waals surface area contributed by atoms with Crippen LogP contribution in [0.5, 0.6) is 5.75 Å². The first-order chi connectivity index (χ1) is 11.7. The van der Waals surface area contributed by atoms with E-state index in [4.69, 9.17) is 15.0 Å². The van der Waals surface area contributed by atoms with Crippen LogP contribution in [0.25, 0.3) is 0 Å². The molecule has 1 aromatic rings. The van der Waals surface area contributed by atoms with Crippen molar-refractivity contribution in [1.29, 1.82) is 0 Å². The molecule has 11 heteroatoms. The number of ether oxygens (including phenoxy) is 1. The summed E-state index contributed by atoms with van der Waals surface area (Å²) in [5.74, 6) is 2.06.